The first-order chi connectivity index (χ1) is 15.2. The number of likely N-dealkylation sites (N-methyl/N-ethyl adjacent to an activating group) is 1. The maximum absolute atomic E-state index is 9.91. The Bertz CT molecular complexity index is 838. The molecule has 0 aliphatic carbocycles. The van der Waals surface area contributed by atoms with Crippen LogP contribution in [-0.4, -0.2) is 73.8 Å². The number of ether oxygens (including phenoxy) is 3. The number of aromatic nitrogens is 2. The summed E-state index contributed by atoms with van der Waals surface area (Å²) in [5, 5.41) is 16.3. The third kappa shape index (κ3) is 6.13. The van der Waals surface area contributed by atoms with Crippen LogP contribution in [0.2, 0.25) is 0 Å². The minimum absolute atomic E-state index is 0.232. The standard InChI is InChI=1S/C23H32N4O4/c1-24-13-19(28)15-31-20-4-2-3-17(11-20)22-12-21(16-5-8-29-9-6-16)26-23(27-22)25-18-7-10-30-14-18/h2-4,11-12,16,18-19,24,28H,5-10,13-15H2,1H3,(H,25,26,27)/t18-,19?/m1/s1. The molecule has 2 saturated heterocycles. The highest BCUT2D eigenvalue weighted by Crippen LogP contribution is 2.30. The Morgan fingerprint density at radius 3 is 2.74 bits per heavy atom. The van der Waals surface area contributed by atoms with Crippen LogP contribution >= 0.6 is 0 Å². The third-order valence-electron chi connectivity index (χ3n) is 5.66. The number of anilines is 1. The predicted molar refractivity (Wildman–Crippen MR) is 119 cm³/mol. The lowest BCUT2D eigenvalue weighted by molar-refractivity contribution is 0.0845. The Labute approximate surface area is 183 Å². The van der Waals surface area contributed by atoms with E-state index >= 15 is 0 Å². The van der Waals surface area contributed by atoms with Crippen molar-refractivity contribution in [2.24, 2.45) is 0 Å². The summed E-state index contributed by atoms with van der Waals surface area (Å²) in [6, 6.07) is 10.1. The van der Waals surface area contributed by atoms with Gasteiger partial charge >= 0.3 is 0 Å². The zero-order valence-electron chi connectivity index (χ0n) is 18.0. The van der Waals surface area contributed by atoms with E-state index in [-0.39, 0.29) is 12.6 Å². The molecule has 2 atom stereocenters. The summed E-state index contributed by atoms with van der Waals surface area (Å²) < 4.78 is 16.8. The van der Waals surface area contributed by atoms with E-state index in [1.807, 2.05) is 24.3 Å². The van der Waals surface area contributed by atoms with Crippen molar-refractivity contribution in [1.29, 1.82) is 0 Å². The summed E-state index contributed by atoms with van der Waals surface area (Å²) in [5.74, 6) is 1.72. The molecule has 1 aromatic carbocycles. The molecule has 0 radical (unpaired) electrons. The molecule has 8 heteroatoms. The average Bonchev–Trinajstić information content (AvgIpc) is 3.31. The summed E-state index contributed by atoms with van der Waals surface area (Å²) in [6.45, 7) is 3.69. The second-order valence-electron chi connectivity index (χ2n) is 8.14. The smallest absolute Gasteiger partial charge is 0.223 e. The van der Waals surface area contributed by atoms with E-state index in [1.165, 1.54) is 0 Å². The van der Waals surface area contributed by atoms with Crippen LogP contribution in [0.5, 0.6) is 5.75 Å². The molecule has 1 unspecified atom stereocenters. The highest BCUT2D eigenvalue weighted by molar-refractivity contribution is 5.63. The lowest BCUT2D eigenvalue weighted by Gasteiger charge is -2.23. The number of aliphatic hydroxyl groups is 1. The van der Waals surface area contributed by atoms with Gasteiger partial charge in [-0.05, 0) is 44.5 Å². The van der Waals surface area contributed by atoms with Crippen molar-refractivity contribution >= 4 is 5.95 Å². The van der Waals surface area contributed by atoms with Gasteiger partial charge in [-0.25, -0.2) is 9.97 Å². The van der Waals surface area contributed by atoms with Gasteiger partial charge in [0.1, 0.15) is 18.5 Å². The highest BCUT2D eigenvalue weighted by Gasteiger charge is 2.22. The van der Waals surface area contributed by atoms with Gasteiger partial charge in [0.25, 0.3) is 0 Å². The molecule has 2 aliphatic heterocycles. The second-order valence-corrected chi connectivity index (χ2v) is 8.14. The van der Waals surface area contributed by atoms with Gasteiger partial charge in [0.05, 0.1) is 18.3 Å². The number of nitrogens with zero attached hydrogens (tertiary/aromatic N) is 2. The fourth-order valence-electron chi connectivity index (χ4n) is 3.94. The Balaban J connectivity index is 1.57. The molecule has 168 valence electrons. The Kier molecular flexibility index (Phi) is 7.69. The maximum atomic E-state index is 9.91. The average molecular weight is 429 g/mol. The van der Waals surface area contributed by atoms with Crippen LogP contribution in [-0.2, 0) is 9.47 Å². The molecule has 3 N–H and O–H groups in total. The molecule has 0 amide bonds. The molecule has 4 rings (SSSR count). The monoisotopic (exact) mass is 428 g/mol. The lowest BCUT2D eigenvalue weighted by Crippen LogP contribution is -2.29. The summed E-state index contributed by atoms with van der Waals surface area (Å²) in [5.41, 5.74) is 2.87. The minimum Gasteiger partial charge on any atom is -0.491 e. The van der Waals surface area contributed by atoms with Gasteiger partial charge in [0.2, 0.25) is 5.95 Å². The van der Waals surface area contributed by atoms with E-state index in [0.29, 0.717) is 30.8 Å². The Morgan fingerprint density at radius 2 is 1.97 bits per heavy atom. The van der Waals surface area contributed by atoms with Gasteiger partial charge < -0.3 is 30.0 Å². The predicted octanol–water partition coefficient (Wildman–Crippen LogP) is 2.20. The van der Waals surface area contributed by atoms with Crippen molar-refractivity contribution in [2.45, 2.75) is 37.3 Å². The summed E-state index contributed by atoms with van der Waals surface area (Å²) >= 11 is 0. The number of nitrogens with one attached hydrogen (secondary N) is 2. The molecule has 8 nitrogen and oxygen atoms in total. The number of rotatable bonds is 9. The molecular formula is C23H32N4O4. The van der Waals surface area contributed by atoms with Crippen LogP contribution in [0, 0.1) is 0 Å². The van der Waals surface area contributed by atoms with E-state index in [2.05, 4.69) is 16.7 Å². The normalized spacial score (nSPS) is 20.5. The summed E-state index contributed by atoms with van der Waals surface area (Å²) in [4.78, 5) is 9.65. The van der Waals surface area contributed by atoms with E-state index in [1.54, 1.807) is 7.05 Å². The van der Waals surface area contributed by atoms with Crippen LogP contribution in [0.4, 0.5) is 5.95 Å². The molecule has 2 fully saturated rings. The van der Waals surface area contributed by atoms with Crippen molar-refractivity contribution in [2.75, 3.05) is 51.9 Å². The topological polar surface area (TPSA) is 97.8 Å². The molecule has 2 aliphatic rings. The first-order valence-electron chi connectivity index (χ1n) is 11.1. The van der Waals surface area contributed by atoms with E-state index < -0.39 is 6.10 Å². The quantitative estimate of drug-likeness (QED) is 0.559. The van der Waals surface area contributed by atoms with Crippen LogP contribution in [0.15, 0.2) is 30.3 Å². The fourth-order valence-corrected chi connectivity index (χ4v) is 3.94. The maximum Gasteiger partial charge on any atom is 0.223 e. The van der Waals surface area contributed by atoms with Gasteiger partial charge in [-0.1, -0.05) is 12.1 Å². The van der Waals surface area contributed by atoms with Crippen molar-refractivity contribution in [3.05, 3.63) is 36.0 Å². The first kappa shape index (κ1) is 22.0. The Morgan fingerprint density at radius 1 is 1.13 bits per heavy atom. The van der Waals surface area contributed by atoms with Crippen molar-refractivity contribution in [1.82, 2.24) is 15.3 Å². The fraction of sp³-hybridized carbons (Fsp3) is 0.565. The van der Waals surface area contributed by atoms with Gasteiger partial charge in [-0.3, -0.25) is 0 Å². The number of benzene rings is 1. The largest absolute Gasteiger partial charge is 0.491 e. The number of aliphatic hydroxyl groups excluding tert-OH is 1. The molecular weight excluding hydrogens is 396 g/mol. The van der Waals surface area contributed by atoms with Crippen LogP contribution in [0.3, 0.4) is 0 Å². The van der Waals surface area contributed by atoms with E-state index in [4.69, 9.17) is 24.2 Å². The first-order valence-corrected chi connectivity index (χ1v) is 11.1. The van der Waals surface area contributed by atoms with Crippen LogP contribution in [0.25, 0.3) is 11.3 Å². The van der Waals surface area contributed by atoms with Gasteiger partial charge in [0.15, 0.2) is 0 Å². The summed E-state index contributed by atoms with van der Waals surface area (Å²) in [7, 11) is 1.80. The molecule has 31 heavy (non-hydrogen) atoms. The SMILES string of the molecule is CNCC(O)COc1cccc(-c2cc(C3CCOCC3)nc(N[C@@H]3CCOC3)n2)c1. The number of hydrogen-bond acceptors (Lipinski definition) is 8. The van der Waals surface area contributed by atoms with Crippen molar-refractivity contribution < 1.29 is 19.3 Å². The molecule has 0 bridgehead atoms. The Hall–Kier alpha value is -2.26. The zero-order chi connectivity index (χ0) is 21.5. The van der Waals surface area contributed by atoms with Crippen molar-refractivity contribution in [3.63, 3.8) is 0 Å². The molecule has 1 aromatic heterocycles. The van der Waals surface area contributed by atoms with E-state index in [9.17, 15) is 5.11 Å². The van der Waals surface area contributed by atoms with E-state index in [0.717, 1.165) is 56.0 Å². The van der Waals surface area contributed by atoms with Crippen molar-refractivity contribution in [3.8, 4) is 17.0 Å². The molecule has 2 aromatic rings. The van der Waals surface area contributed by atoms with Crippen LogP contribution in [0.1, 0.15) is 30.9 Å². The number of hydrogen-bond donors (Lipinski definition) is 3. The zero-order valence-corrected chi connectivity index (χ0v) is 18.0. The van der Waals surface area contributed by atoms with Gasteiger partial charge in [0, 0.05) is 43.5 Å². The lowest BCUT2D eigenvalue weighted by atomic mass is 9.95. The molecule has 0 spiro atoms. The van der Waals surface area contributed by atoms with Crippen LogP contribution < -0.4 is 15.4 Å². The summed E-state index contributed by atoms with van der Waals surface area (Å²) in [6.07, 6.45) is 2.33. The van der Waals surface area contributed by atoms with Gasteiger partial charge in [-0.15, -0.1) is 0 Å². The second kappa shape index (κ2) is 10.9. The molecule has 3 heterocycles. The third-order valence-corrected chi connectivity index (χ3v) is 5.66. The molecule has 0 saturated carbocycles. The van der Waals surface area contributed by atoms with Gasteiger partial charge in [-0.2, -0.15) is 0 Å². The minimum atomic E-state index is -0.558. The highest BCUT2D eigenvalue weighted by atomic mass is 16.5.